The summed E-state index contributed by atoms with van der Waals surface area (Å²) in [5.41, 5.74) is -0.729. The predicted octanol–water partition coefficient (Wildman–Crippen LogP) is 1.05. The van der Waals surface area contributed by atoms with Crippen LogP contribution in [0.5, 0.6) is 11.5 Å². The van der Waals surface area contributed by atoms with Gasteiger partial charge in [-0.25, -0.2) is 0 Å². The van der Waals surface area contributed by atoms with Gasteiger partial charge in [0, 0.05) is 18.0 Å². The molecule has 1 aromatic carbocycles. The van der Waals surface area contributed by atoms with E-state index in [1.165, 1.54) is 6.07 Å². The van der Waals surface area contributed by atoms with Gasteiger partial charge in [-0.05, 0) is 44.5 Å². The van der Waals surface area contributed by atoms with E-state index >= 15 is 0 Å². The van der Waals surface area contributed by atoms with Gasteiger partial charge < -0.3 is 19.5 Å². The monoisotopic (exact) mass is 320 g/mol. The second kappa shape index (κ2) is 4.08. The lowest BCUT2D eigenvalue weighted by Gasteiger charge is -2.62. The number of aliphatic hydroxyl groups is 1. The van der Waals surface area contributed by atoms with Crippen LogP contribution in [0.15, 0.2) is 12.1 Å². The molecule has 2 heterocycles. The number of hydrogen-bond acceptors (Lipinski definition) is 5. The molecular weight excluding hydrogens is 294 g/mol. The molecule has 4 aliphatic rings. The van der Waals surface area contributed by atoms with Crippen molar-refractivity contribution in [2.45, 2.75) is 48.8 Å². The smallest absolute Gasteiger partial charge is 0.211 e. The Hall–Kier alpha value is -1.59. The zero-order chi connectivity index (χ0) is 20.1. The first kappa shape index (κ1) is 9.64. The van der Waals surface area contributed by atoms with Crippen LogP contribution in [0.25, 0.3) is 0 Å². The van der Waals surface area contributed by atoms with Crippen molar-refractivity contribution in [3.05, 3.63) is 23.3 Å². The number of likely N-dealkylation sites (tertiary alicyclic amines) is 1. The number of ketones is 1. The van der Waals surface area contributed by atoms with Crippen LogP contribution in [0.4, 0.5) is 0 Å². The lowest BCUT2D eigenvalue weighted by atomic mass is 9.49. The van der Waals surface area contributed by atoms with Crippen LogP contribution >= 0.6 is 0 Å². The fraction of sp³-hybridized carbons (Fsp3) is 0.611. The second-order valence-electron chi connectivity index (χ2n) is 7.09. The highest BCUT2D eigenvalue weighted by molar-refractivity contribution is 5.90. The van der Waals surface area contributed by atoms with Crippen LogP contribution in [-0.4, -0.2) is 55.6 Å². The fourth-order valence-electron chi connectivity index (χ4n) is 5.30. The molecule has 2 aliphatic carbocycles. The molecule has 1 spiro atoms. The Balaban J connectivity index is 1.82. The largest absolute Gasteiger partial charge is 0.493 e. The van der Waals surface area contributed by atoms with Gasteiger partial charge in [0.2, 0.25) is 1.43 Å². The number of rotatable bonds is 2. The first-order valence-electron chi connectivity index (χ1n) is 10.4. The Morgan fingerprint density at radius 2 is 2.48 bits per heavy atom. The van der Waals surface area contributed by atoms with Gasteiger partial charge in [-0.15, -0.1) is 0 Å². The van der Waals surface area contributed by atoms with Crippen LogP contribution in [0.3, 0.4) is 0 Å². The molecule has 122 valence electrons. The summed E-state index contributed by atoms with van der Waals surface area (Å²) in [6.45, 7) is 0.547. The van der Waals surface area contributed by atoms with E-state index < -0.39 is 30.2 Å². The number of likely N-dealkylation sites (N-methyl/N-ethyl adjacent to an activating group) is 1. The molecule has 5 heteroatoms. The van der Waals surface area contributed by atoms with E-state index in [1.807, 2.05) is 11.9 Å². The minimum absolute atomic E-state index is 0.0608. The van der Waals surface area contributed by atoms with E-state index in [0.29, 0.717) is 24.9 Å². The van der Waals surface area contributed by atoms with Crippen LogP contribution in [0, 0.1) is 0 Å². The van der Waals surface area contributed by atoms with Crippen molar-refractivity contribution in [1.82, 2.24) is 4.90 Å². The molecule has 0 aromatic heterocycles. The maximum atomic E-state index is 12.9. The number of carbonyl (C=O) groups excluding carboxylic acids is 1. The molecule has 0 amide bonds. The third-order valence-corrected chi connectivity index (χ3v) is 6.31. The Morgan fingerprint density at radius 3 is 3.30 bits per heavy atom. The fourth-order valence-corrected chi connectivity index (χ4v) is 5.30. The van der Waals surface area contributed by atoms with E-state index in [4.69, 9.17) is 20.1 Å². The second-order valence-corrected chi connectivity index (χ2v) is 7.09. The lowest BCUT2D eigenvalue weighted by Crippen LogP contribution is -2.76. The summed E-state index contributed by atoms with van der Waals surface area (Å²) in [7, 11) is -0.812. The Kier molecular flexibility index (Phi) is 1.71. The van der Waals surface area contributed by atoms with Gasteiger partial charge in [0.05, 0.1) is 23.5 Å². The molecule has 1 saturated carbocycles. The van der Waals surface area contributed by atoms with Gasteiger partial charge in [0.15, 0.2) is 23.4 Å². The highest BCUT2D eigenvalue weighted by atomic mass is 16.5. The quantitative estimate of drug-likeness (QED) is 0.883. The van der Waals surface area contributed by atoms with Gasteiger partial charge in [0.25, 0.3) is 0 Å². The minimum atomic E-state index is -2.66. The number of ether oxygens (including phenoxy) is 2. The van der Waals surface area contributed by atoms with Gasteiger partial charge in [0.1, 0.15) is 0 Å². The average molecular weight is 320 g/mol. The predicted molar refractivity (Wildman–Crippen MR) is 83.0 cm³/mol. The summed E-state index contributed by atoms with van der Waals surface area (Å²) in [6.07, 6.45) is 0.284. The van der Waals surface area contributed by atoms with Crippen molar-refractivity contribution in [2.24, 2.45) is 0 Å². The molecule has 0 radical (unpaired) electrons. The van der Waals surface area contributed by atoms with E-state index in [9.17, 15) is 6.17 Å². The summed E-state index contributed by atoms with van der Waals surface area (Å²) in [4.78, 5) is 14.8. The van der Waals surface area contributed by atoms with Crippen LogP contribution in [0.2, 0.25) is 0 Å². The summed E-state index contributed by atoms with van der Waals surface area (Å²) in [5.74, 6) is 0.205. The highest BCUT2D eigenvalue weighted by Crippen LogP contribution is 2.64. The topological polar surface area (TPSA) is 59.0 Å². The number of piperidine rings is 1. The normalized spacial score (nSPS) is 47.4. The first-order chi connectivity index (χ1) is 13.1. The van der Waals surface area contributed by atoms with Gasteiger partial charge in [-0.1, -0.05) is 6.07 Å². The van der Waals surface area contributed by atoms with Gasteiger partial charge in [-0.2, -0.15) is 0 Å². The number of nitrogens with zero attached hydrogens (tertiary/aromatic N) is 1. The first-order valence-corrected chi connectivity index (χ1v) is 8.00. The van der Waals surface area contributed by atoms with Crippen molar-refractivity contribution >= 4 is 5.78 Å². The van der Waals surface area contributed by atoms with Gasteiger partial charge >= 0.3 is 0 Å². The van der Waals surface area contributed by atoms with Crippen molar-refractivity contribution < 1.29 is 24.9 Å². The molecule has 1 aromatic rings. The Labute approximate surface area is 142 Å². The van der Waals surface area contributed by atoms with Crippen molar-refractivity contribution in [3.63, 3.8) is 0 Å². The number of methoxy groups -OCH3 is 1. The molecule has 5 rings (SSSR count). The van der Waals surface area contributed by atoms with Crippen molar-refractivity contribution in [3.8, 4) is 11.5 Å². The van der Waals surface area contributed by atoms with Crippen molar-refractivity contribution in [2.75, 3.05) is 20.6 Å². The van der Waals surface area contributed by atoms with Gasteiger partial charge in [-0.3, -0.25) is 4.79 Å². The van der Waals surface area contributed by atoms with Crippen LogP contribution in [-0.2, 0) is 16.6 Å². The number of Topliss-reactive ketones (excluding diaryl/α,β-unsaturated/α-hetero) is 1. The molecule has 1 unspecified atom stereocenters. The summed E-state index contributed by atoms with van der Waals surface area (Å²) < 4.78 is 50.9. The summed E-state index contributed by atoms with van der Waals surface area (Å²) >= 11 is 0. The van der Waals surface area contributed by atoms with E-state index in [2.05, 4.69) is 0 Å². The molecule has 2 bridgehead atoms. The SMILES string of the molecule is [2H]O[C@@]12CCC(=O)C3Oc4c(OC([2H])([2H])[2H])ccc5c4[C@@]31CCN(C)[C@]2([2H])C5. The summed E-state index contributed by atoms with van der Waals surface area (Å²) in [6, 6.07) is 2.06. The standard InChI is InChI=1S/C18H21NO4/c1-19-8-7-17-14-10-3-4-12(22-2)15(14)23-16(17)11(20)5-6-18(17,21)13(19)9-10/h3-4,13,16,21H,5-9H2,1-2H3/t13-,16?,17+,18-/m1/s1/i2D3,13D,21D. The molecule has 1 N–H and O–H groups in total. The zero-order valence-corrected chi connectivity index (χ0v) is 12.8. The van der Waals surface area contributed by atoms with E-state index in [1.54, 1.807) is 6.07 Å². The summed E-state index contributed by atoms with van der Waals surface area (Å²) in [5, 5.41) is 5.40. The lowest BCUT2D eigenvalue weighted by molar-refractivity contribution is -0.185. The highest BCUT2D eigenvalue weighted by Gasteiger charge is 2.72. The Morgan fingerprint density at radius 1 is 1.57 bits per heavy atom. The third kappa shape index (κ3) is 1.32. The van der Waals surface area contributed by atoms with Crippen molar-refractivity contribution in [1.29, 1.82) is 1.43 Å². The number of benzene rings is 1. The van der Waals surface area contributed by atoms with Crippen LogP contribution in [0.1, 0.15) is 35.9 Å². The maximum absolute atomic E-state index is 12.9. The minimum Gasteiger partial charge on any atom is -0.493 e. The molecule has 2 aliphatic heterocycles. The number of hydrogen-bond donors (Lipinski definition) is 1. The van der Waals surface area contributed by atoms with Crippen LogP contribution < -0.4 is 9.47 Å². The zero-order valence-electron chi connectivity index (χ0n) is 17.8. The number of carbonyl (C=O) groups is 1. The maximum Gasteiger partial charge on any atom is 0.211 e. The van der Waals surface area contributed by atoms with E-state index in [-0.39, 0.29) is 30.1 Å². The average Bonchev–Trinajstić information content (AvgIpc) is 2.97. The molecule has 4 atom stereocenters. The van der Waals surface area contributed by atoms with E-state index in [0.717, 1.165) is 5.56 Å². The third-order valence-electron chi connectivity index (χ3n) is 6.31. The molecular formula is C18H21NO4. The molecule has 1 saturated heterocycles. The molecule has 2 fully saturated rings. The molecule has 5 nitrogen and oxygen atoms in total. The molecule has 23 heavy (non-hydrogen) atoms. The Bertz CT molecular complexity index is 891.